The molecule has 0 fully saturated rings. The lowest BCUT2D eigenvalue weighted by atomic mass is 10.2. The van der Waals surface area contributed by atoms with E-state index in [0.29, 0.717) is 6.54 Å². The van der Waals surface area contributed by atoms with Crippen molar-refractivity contribution in [2.24, 2.45) is 5.73 Å². The van der Waals surface area contributed by atoms with Crippen molar-refractivity contribution in [3.05, 3.63) is 36.0 Å². The van der Waals surface area contributed by atoms with Gasteiger partial charge in [-0.05, 0) is 11.6 Å². The number of halogens is 2. The molecule has 0 amide bonds. The summed E-state index contributed by atoms with van der Waals surface area (Å²) in [5.74, 6) is 0. The van der Waals surface area contributed by atoms with Gasteiger partial charge in [-0.2, -0.15) is 0 Å². The molecule has 2 nitrogen and oxygen atoms in total. The van der Waals surface area contributed by atoms with Gasteiger partial charge in [-0.15, -0.1) is 0 Å². The minimum Gasteiger partial charge on any atom is -0.341 e. The monoisotopic (exact) mass is 210 g/mol. The van der Waals surface area contributed by atoms with Crippen LogP contribution in [-0.4, -0.2) is 11.0 Å². The Balaban J connectivity index is 2.55. The molecular weight excluding hydrogens is 198 g/mol. The summed E-state index contributed by atoms with van der Waals surface area (Å²) in [6.45, 7) is 0.0945. The fourth-order valence-electron chi connectivity index (χ4n) is 1.79. The second kappa shape index (κ2) is 3.98. The number of rotatable bonds is 3. The Labute approximate surface area is 86.3 Å². The summed E-state index contributed by atoms with van der Waals surface area (Å²) in [5, 5.41) is 0.959. The molecule has 0 spiro atoms. The first-order valence-corrected chi connectivity index (χ1v) is 4.77. The highest BCUT2D eigenvalue weighted by atomic mass is 19.3. The largest absolute Gasteiger partial charge is 0.341 e. The van der Waals surface area contributed by atoms with E-state index in [2.05, 4.69) is 0 Å². The van der Waals surface area contributed by atoms with Gasteiger partial charge in [0.25, 0.3) is 6.43 Å². The zero-order valence-electron chi connectivity index (χ0n) is 8.16. The van der Waals surface area contributed by atoms with Crippen LogP contribution in [0.2, 0.25) is 0 Å². The lowest BCUT2D eigenvalue weighted by Gasteiger charge is -2.02. The van der Waals surface area contributed by atoms with Gasteiger partial charge in [0.05, 0.1) is 6.54 Å². The molecule has 1 aromatic carbocycles. The van der Waals surface area contributed by atoms with Crippen molar-refractivity contribution in [1.82, 2.24) is 4.57 Å². The zero-order valence-corrected chi connectivity index (χ0v) is 8.16. The lowest BCUT2D eigenvalue weighted by Crippen LogP contribution is -2.05. The van der Waals surface area contributed by atoms with E-state index in [1.165, 1.54) is 0 Å². The van der Waals surface area contributed by atoms with Crippen molar-refractivity contribution in [3.8, 4) is 0 Å². The van der Waals surface area contributed by atoms with E-state index in [4.69, 9.17) is 5.73 Å². The highest BCUT2D eigenvalue weighted by molar-refractivity contribution is 5.83. The van der Waals surface area contributed by atoms with E-state index in [1.807, 2.05) is 24.3 Å². The molecule has 1 aromatic heterocycles. The van der Waals surface area contributed by atoms with Crippen LogP contribution in [0.3, 0.4) is 0 Å². The van der Waals surface area contributed by atoms with Gasteiger partial charge in [-0.25, -0.2) is 8.78 Å². The molecule has 2 N–H and O–H groups in total. The van der Waals surface area contributed by atoms with Crippen LogP contribution in [0.1, 0.15) is 5.56 Å². The molecule has 1 heterocycles. The van der Waals surface area contributed by atoms with Gasteiger partial charge >= 0.3 is 0 Å². The molecule has 0 atom stereocenters. The topological polar surface area (TPSA) is 30.9 Å². The van der Waals surface area contributed by atoms with Crippen LogP contribution in [-0.2, 0) is 13.1 Å². The van der Waals surface area contributed by atoms with Crippen LogP contribution in [0.15, 0.2) is 30.5 Å². The Morgan fingerprint density at radius 1 is 1.27 bits per heavy atom. The molecular formula is C11H12F2N2. The number of hydrogen-bond donors (Lipinski definition) is 1. The molecule has 0 saturated carbocycles. The maximum absolute atomic E-state index is 12.3. The van der Waals surface area contributed by atoms with Crippen LogP contribution in [0.4, 0.5) is 8.78 Å². The first-order valence-electron chi connectivity index (χ1n) is 4.77. The maximum atomic E-state index is 12.3. The number of benzene rings is 1. The molecule has 0 aliphatic heterocycles. The van der Waals surface area contributed by atoms with Gasteiger partial charge in [0.2, 0.25) is 0 Å². The second-order valence-corrected chi connectivity index (χ2v) is 3.42. The predicted octanol–water partition coefficient (Wildman–Crippen LogP) is 2.37. The van der Waals surface area contributed by atoms with Gasteiger partial charge in [0.15, 0.2) is 0 Å². The van der Waals surface area contributed by atoms with Crippen LogP contribution >= 0.6 is 0 Å². The van der Waals surface area contributed by atoms with Crippen LogP contribution in [0.5, 0.6) is 0 Å². The Morgan fingerprint density at radius 2 is 2.00 bits per heavy atom. The number of fused-ring (bicyclic) bond motifs is 1. The Hall–Kier alpha value is -1.42. The molecule has 0 radical (unpaired) electrons. The van der Waals surface area contributed by atoms with E-state index >= 15 is 0 Å². The van der Waals surface area contributed by atoms with E-state index in [0.717, 1.165) is 16.5 Å². The molecule has 2 rings (SSSR count). The van der Waals surface area contributed by atoms with Crippen molar-refractivity contribution < 1.29 is 8.78 Å². The normalized spacial score (nSPS) is 11.5. The molecule has 0 aliphatic rings. The SMILES string of the molecule is NCc1cn(CC(F)F)c2ccccc12. The Kier molecular flexibility index (Phi) is 2.68. The molecule has 4 heteroatoms. The van der Waals surface area contributed by atoms with E-state index in [-0.39, 0.29) is 6.54 Å². The molecule has 0 bridgehead atoms. The molecule has 80 valence electrons. The third kappa shape index (κ3) is 1.85. The van der Waals surface area contributed by atoms with Crippen molar-refractivity contribution >= 4 is 10.9 Å². The van der Waals surface area contributed by atoms with Crippen molar-refractivity contribution in [2.45, 2.75) is 19.5 Å². The standard InChI is InChI=1S/C11H12F2N2/c12-11(13)7-15-6-8(5-14)9-3-1-2-4-10(9)15/h1-4,6,11H,5,7,14H2. The Morgan fingerprint density at radius 3 is 2.67 bits per heavy atom. The third-order valence-corrected chi connectivity index (χ3v) is 2.43. The van der Waals surface area contributed by atoms with E-state index < -0.39 is 6.43 Å². The van der Waals surface area contributed by atoms with Crippen molar-refractivity contribution in [3.63, 3.8) is 0 Å². The van der Waals surface area contributed by atoms with Gasteiger partial charge in [0, 0.05) is 23.6 Å². The van der Waals surface area contributed by atoms with Crippen LogP contribution < -0.4 is 5.73 Å². The fraction of sp³-hybridized carbons (Fsp3) is 0.273. The number of nitrogens with two attached hydrogens (primary N) is 1. The number of aromatic nitrogens is 1. The predicted molar refractivity (Wildman–Crippen MR) is 55.8 cm³/mol. The van der Waals surface area contributed by atoms with Crippen LogP contribution in [0, 0.1) is 0 Å². The third-order valence-electron chi connectivity index (χ3n) is 2.43. The quantitative estimate of drug-likeness (QED) is 0.828. The number of nitrogens with zero attached hydrogens (tertiary/aromatic N) is 1. The number of para-hydroxylation sites is 1. The van der Waals surface area contributed by atoms with Crippen molar-refractivity contribution in [1.29, 1.82) is 0 Å². The molecule has 0 saturated heterocycles. The van der Waals surface area contributed by atoms with E-state index in [1.54, 1.807) is 10.8 Å². The van der Waals surface area contributed by atoms with E-state index in [9.17, 15) is 8.78 Å². The van der Waals surface area contributed by atoms with Crippen molar-refractivity contribution in [2.75, 3.05) is 0 Å². The highest BCUT2D eigenvalue weighted by Gasteiger charge is 2.10. The first kappa shape index (κ1) is 10.1. The second-order valence-electron chi connectivity index (χ2n) is 3.42. The molecule has 0 aliphatic carbocycles. The summed E-state index contributed by atoms with van der Waals surface area (Å²) >= 11 is 0. The highest BCUT2D eigenvalue weighted by Crippen LogP contribution is 2.21. The average Bonchev–Trinajstić information content (AvgIpc) is 2.56. The lowest BCUT2D eigenvalue weighted by molar-refractivity contribution is 0.128. The number of alkyl halides is 2. The van der Waals surface area contributed by atoms with Gasteiger partial charge < -0.3 is 10.3 Å². The van der Waals surface area contributed by atoms with Crippen LogP contribution in [0.25, 0.3) is 10.9 Å². The summed E-state index contributed by atoms with van der Waals surface area (Å²) in [5.41, 5.74) is 7.29. The summed E-state index contributed by atoms with van der Waals surface area (Å²) in [7, 11) is 0. The summed E-state index contributed by atoms with van der Waals surface area (Å²) in [6.07, 6.45) is -0.636. The summed E-state index contributed by atoms with van der Waals surface area (Å²) in [6, 6.07) is 7.45. The summed E-state index contributed by atoms with van der Waals surface area (Å²) in [4.78, 5) is 0. The zero-order chi connectivity index (χ0) is 10.8. The minimum atomic E-state index is -2.34. The molecule has 0 unspecified atom stereocenters. The smallest absolute Gasteiger partial charge is 0.256 e. The average molecular weight is 210 g/mol. The summed E-state index contributed by atoms with van der Waals surface area (Å²) < 4.78 is 26.2. The maximum Gasteiger partial charge on any atom is 0.256 e. The van der Waals surface area contributed by atoms with Gasteiger partial charge in [-0.1, -0.05) is 18.2 Å². The van der Waals surface area contributed by atoms with Gasteiger partial charge in [-0.3, -0.25) is 0 Å². The minimum absolute atomic E-state index is 0.277. The first-order chi connectivity index (χ1) is 7.22. The molecule has 15 heavy (non-hydrogen) atoms. The number of hydrogen-bond acceptors (Lipinski definition) is 1. The molecule has 2 aromatic rings. The Bertz CT molecular complexity index is 463. The fourth-order valence-corrected chi connectivity index (χ4v) is 1.79. The van der Waals surface area contributed by atoms with Gasteiger partial charge in [0.1, 0.15) is 0 Å².